The van der Waals surface area contributed by atoms with Crippen molar-refractivity contribution in [3.63, 3.8) is 0 Å². The van der Waals surface area contributed by atoms with Crippen LogP contribution in [0.1, 0.15) is 79.4 Å². The van der Waals surface area contributed by atoms with Gasteiger partial charge in [0.2, 0.25) is 0 Å². The summed E-state index contributed by atoms with van der Waals surface area (Å²) < 4.78 is 85.8. The highest BCUT2D eigenvalue weighted by molar-refractivity contribution is 5.83. The molecular weight excluding hydrogens is 1030 g/mol. The van der Waals surface area contributed by atoms with Gasteiger partial charge in [0, 0.05) is 99.6 Å². The van der Waals surface area contributed by atoms with Crippen molar-refractivity contribution in [1.29, 1.82) is 0 Å². The van der Waals surface area contributed by atoms with E-state index < -0.39 is 35.6 Å². The lowest BCUT2D eigenvalue weighted by Gasteiger charge is -2.39. The van der Waals surface area contributed by atoms with Gasteiger partial charge >= 0.3 is 12.4 Å². The number of hydrogen-bond donors (Lipinski definition) is 2. The fourth-order valence-corrected chi connectivity index (χ4v) is 11.5. The van der Waals surface area contributed by atoms with E-state index in [4.69, 9.17) is 0 Å². The van der Waals surface area contributed by atoms with Crippen LogP contribution < -0.4 is 0 Å². The fraction of sp³-hybridized carbons (Fsp3) is 0.300. The number of nitrogens with zero attached hydrogens (tertiary/aromatic N) is 12. The Bertz CT molecular complexity index is 3460. The van der Waals surface area contributed by atoms with Gasteiger partial charge in [0.1, 0.15) is 0 Å². The van der Waals surface area contributed by atoms with E-state index in [1.54, 1.807) is 21.5 Å². The summed E-state index contributed by atoms with van der Waals surface area (Å²) in [6.07, 6.45) is -4.78. The number of halogens is 6. The van der Waals surface area contributed by atoms with Crippen LogP contribution in [0, 0.1) is 27.7 Å². The van der Waals surface area contributed by atoms with Gasteiger partial charge in [-0.15, -0.1) is 10.2 Å². The Morgan fingerprint density at radius 3 is 1.19 bits per heavy atom. The van der Waals surface area contributed by atoms with Gasteiger partial charge in [0.15, 0.2) is 11.6 Å². The molecular formula is C60H60F6N14. The molecule has 0 saturated carbocycles. The monoisotopic (exact) mass is 1090 g/mol. The minimum Gasteiger partial charge on any atom is -0.361 e. The molecule has 412 valence electrons. The molecule has 2 saturated heterocycles. The third-order valence-electron chi connectivity index (χ3n) is 15.5. The van der Waals surface area contributed by atoms with Crippen LogP contribution in [-0.4, -0.2) is 122 Å². The van der Waals surface area contributed by atoms with Gasteiger partial charge in [0.05, 0.1) is 34.6 Å². The van der Waals surface area contributed by atoms with E-state index in [1.165, 1.54) is 46.2 Å². The number of rotatable bonds is 12. The fourth-order valence-electron chi connectivity index (χ4n) is 11.5. The first kappa shape index (κ1) is 53.9. The molecule has 10 aromatic rings. The average Bonchev–Trinajstić information content (AvgIpc) is 4.34. The number of H-pyrrole nitrogens is 2. The molecule has 2 atom stereocenters. The summed E-state index contributed by atoms with van der Waals surface area (Å²) in [7, 11) is 0. The maximum absolute atomic E-state index is 13.7. The van der Waals surface area contributed by atoms with Gasteiger partial charge in [-0.1, -0.05) is 97.1 Å². The van der Waals surface area contributed by atoms with Crippen LogP contribution in [-0.2, 0) is 25.4 Å². The van der Waals surface area contributed by atoms with Crippen LogP contribution in [0.4, 0.5) is 26.3 Å². The molecule has 2 N–H and O–H groups in total. The quantitative estimate of drug-likeness (QED) is 0.114. The van der Waals surface area contributed by atoms with E-state index in [0.717, 1.165) is 96.1 Å². The first-order valence-corrected chi connectivity index (χ1v) is 26.7. The molecule has 4 aromatic heterocycles. The molecule has 0 bridgehead atoms. The maximum atomic E-state index is 13.7. The number of para-hydroxylation sites is 4. The number of aromatic amines is 2. The number of aryl methyl sites for hydroxylation is 4. The molecule has 0 aliphatic carbocycles. The smallest absolute Gasteiger partial charge is 0.361 e. The zero-order valence-electron chi connectivity index (χ0n) is 44.7. The molecule has 2 fully saturated rings. The van der Waals surface area contributed by atoms with Crippen molar-refractivity contribution in [3.05, 3.63) is 213 Å². The van der Waals surface area contributed by atoms with Gasteiger partial charge < -0.3 is 9.97 Å². The molecule has 0 unspecified atom stereocenters. The van der Waals surface area contributed by atoms with Gasteiger partial charge in [-0.25, -0.2) is 0 Å². The van der Waals surface area contributed by atoms with Crippen LogP contribution in [0.2, 0.25) is 0 Å². The summed E-state index contributed by atoms with van der Waals surface area (Å²) in [6, 6.07) is 38.3. The largest absolute Gasteiger partial charge is 0.416 e. The van der Waals surface area contributed by atoms with Crippen LogP contribution in [0.15, 0.2) is 146 Å². The van der Waals surface area contributed by atoms with Crippen LogP contribution in [0.5, 0.6) is 0 Å². The number of aromatic nitrogens is 10. The molecule has 14 nitrogen and oxygen atoms in total. The lowest BCUT2D eigenvalue weighted by atomic mass is 10.00. The third kappa shape index (κ3) is 11.3. The third-order valence-corrected chi connectivity index (χ3v) is 15.5. The van der Waals surface area contributed by atoms with Gasteiger partial charge in [0.25, 0.3) is 0 Å². The second-order valence-electron chi connectivity index (χ2n) is 20.8. The van der Waals surface area contributed by atoms with Crippen LogP contribution in [0.3, 0.4) is 0 Å². The van der Waals surface area contributed by atoms with Crippen molar-refractivity contribution in [2.75, 3.05) is 52.4 Å². The first-order valence-electron chi connectivity index (χ1n) is 26.7. The van der Waals surface area contributed by atoms with Crippen molar-refractivity contribution in [1.82, 2.24) is 70.0 Å². The molecule has 80 heavy (non-hydrogen) atoms. The van der Waals surface area contributed by atoms with Crippen LogP contribution in [0.25, 0.3) is 33.2 Å². The van der Waals surface area contributed by atoms with Crippen molar-refractivity contribution in [2.45, 2.75) is 65.2 Å². The summed E-state index contributed by atoms with van der Waals surface area (Å²) in [6.45, 7) is 15.2. The highest BCUT2D eigenvalue weighted by Crippen LogP contribution is 2.38. The SMILES string of the molecule is Cc1cccc(C)c1-n1nnnc1[C@@H](c1cccc(C(F)(F)F)c1)N1CCN(Cc2c[nH]c3ccccc23)CC1.Cc1cccc(C)c1-n1nnnc1[C@H](c1cccc(C(F)(F)F)c1)N1CCN(Cc2c[nH]c3ccccc23)CC1. The number of alkyl halides is 6. The minimum atomic E-state index is -4.45. The molecule has 0 amide bonds. The lowest BCUT2D eigenvalue weighted by Crippen LogP contribution is -2.48. The molecule has 20 heteroatoms. The van der Waals surface area contributed by atoms with E-state index in [2.05, 4.69) is 97.3 Å². The first-order chi connectivity index (χ1) is 38.6. The Kier molecular flexibility index (Phi) is 15.2. The molecule has 12 rings (SSSR count). The van der Waals surface area contributed by atoms with E-state index in [9.17, 15) is 26.3 Å². The Hall–Kier alpha value is -8.04. The normalized spacial score (nSPS) is 16.0. The van der Waals surface area contributed by atoms with Gasteiger partial charge in [-0.3, -0.25) is 19.6 Å². The number of fused-ring (bicyclic) bond motifs is 2. The topological polar surface area (TPSA) is 132 Å². The minimum absolute atomic E-state index is 0.502. The second-order valence-corrected chi connectivity index (χ2v) is 20.8. The highest BCUT2D eigenvalue weighted by Gasteiger charge is 2.37. The second kappa shape index (κ2) is 22.6. The number of tetrazole rings is 2. The molecule has 0 radical (unpaired) electrons. The number of hydrogen-bond acceptors (Lipinski definition) is 10. The Morgan fingerprint density at radius 2 is 0.812 bits per heavy atom. The molecule has 2 aliphatic rings. The van der Waals surface area contributed by atoms with E-state index in [-0.39, 0.29) is 0 Å². The van der Waals surface area contributed by atoms with Crippen LogP contribution >= 0.6 is 0 Å². The number of benzene rings is 6. The lowest BCUT2D eigenvalue weighted by molar-refractivity contribution is -0.138. The zero-order valence-corrected chi connectivity index (χ0v) is 44.7. The Labute approximate surface area is 458 Å². The zero-order chi connectivity index (χ0) is 55.7. The van der Waals surface area contributed by atoms with Gasteiger partial charge in [-0.05, 0) is 129 Å². The Morgan fingerprint density at radius 1 is 0.450 bits per heavy atom. The predicted octanol–water partition coefficient (Wildman–Crippen LogP) is 11.4. The molecule has 6 heterocycles. The maximum Gasteiger partial charge on any atom is 0.416 e. The molecule has 6 aromatic carbocycles. The number of piperazine rings is 2. The van der Waals surface area contributed by atoms with Crippen molar-refractivity contribution in [2.24, 2.45) is 0 Å². The summed E-state index contributed by atoms with van der Waals surface area (Å²) >= 11 is 0. The predicted molar refractivity (Wildman–Crippen MR) is 294 cm³/mol. The molecule has 0 spiro atoms. The summed E-state index contributed by atoms with van der Waals surface area (Å²) in [5.74, 6) is 1.00. The molecule has 2 aliphatic heterocycles. The van der Waals surface area contributed by atoms with Crippen molar-refractivity contribution in [3.8, 4) is 11.4 Å². The standard InChI is InChI=1S/2C30H30F3N7/c2*1-20-7-5-8-21(2)27(20)40-29(35-36-37-40)28(22-9-6-10-24(17-22)30(31,32)33)39-15-13-38(14-16-39)19-23-18-34-26-12-4-3-11-25(23)26/h2*3-12,17-18,28,34H,13-16,19H2,1-2H3/t2*28-/m10/s1. The van der Waals surface area contributed by atoms with Gasteiger partial charge in [-0.2, -0.15) is 35.7 Å². The highest BCUT2D eigenvalue weighted by atomic mass is 19.4. The summed E-state index contributed by atoms with van der Waals surface area (Å²) in [5, 5.41) is 27.8. The van der Waals surface area contributed by atoms with E-state index >= 15 is 0 Å². The van der Waals surface area contributed by atoms with E-state index in [1.807, 2.05) is 88.4 Å². The number of nitrogens with one attached hydrogen (secondary N) is 2. The van der Waals surface area contributed by atoms with Crippen molar-refractivity contribution < 1.29 is 26.3 Å². The van der Waals surface area contributed by atoms with E-state index in [0.29, 0.717) is 49.0 Å². The summed E-state index contributed by atoms with van der Waals surface area (Å²) in [4.78, 5) is 15.8. The average molecular weight is 1090 g/mol. The Balaban J connectivity index is 0.000000169. The summed E-state index contributed by atoms with van der Waals surface area (Å²) in [5.41, 5.74) is 9.99. The van der Waals surface area contributed by atoms with Crippen molar-refractivity contribution >= 4 is 21.8 Å².